The van der Waals surface area contributed by atoms with E-state index in [4.69, 9.17) is 4.74 Å². The predicted octanol–water partition coefficient (Wildman–Crippen LogP) is 2.85. The van der Waals surface area contributed by atoms with Crippen LogP contribution in [-0.2, 0) is 14.9 Å². The zero-order valence-electron chi connectivity index (χ0n) is 14.6. The van der Waals surface area contributed by atoms with E-state index in [1.165, 1.54) is 12.7 Å². The number of methoxy groups -OCH3 is 1. The first-order valence-electron chi connectivity index (χ1n) is 8.99. The Morgan fingerprint density at radius 2 is 2.16 bits per heavy atom. The molecule has 5 nitrogen and oxygen atoms in total. The lowest BCUT2D eigenvalue weighted by atomic mass is 9.58. The highest BCUT2D eigenvalue weighted by atomic mass is 16.5. The van der Waals surface area contributed by atoms with E-state index in [1.807, 2.05) is 30.0 Å². The quantitative estimate of drug-likeness (QED) is 0.683. The maximum atomic E-state index is 13.1. The van der Waals surface area contributed by atoms with Crippen LogP contribution in [0, 0.1) is 5.92 Å². The van der Waals surface area contributed by atoms with Crippen molar-refractivity contribution in [3.8, 4) is 0 Å². The molecule has 3 atom stereocenters. The molecular weight excluding hydrogens is 316 g/mol. The Hall–Kier alpha value is -2.14. The Morgan fingerprint density at radius 1 is 1.36 bits per heavy atom. The summed E-state index contributed by atoms with van der Waals surface area (Å²) in [5.41, 5.74) is 2.49. The maximum Gasteiger partial charge on any atom is 0.415 e. The largest absolute Gasteiger partial charge is 0.452 e. The fourth-order valence-electron chi connectivity index (χ4n) is 6.06. The average molecular weight is 338 g/mol. The van der Waals surface area contributed by atoms with Crippen LogP contribution in [0.5, 0.6) is 0 Å². The molecular formula is C20H22N2O3. The van der Waals surface area contributed by atoms with Crippen LogP contribution in [0.1, 0.15) is 31.7 Å². The number of benzene rings is 1. The van der Waals surface area contributed by atoms with Crippen molar-refractivity contribution >= 4 is 17.6 Å². The SMILES string of the molecule is C/C=C1/CN2CC[C@]34CC(=O)[C@H]1CC23N(C(=O)OC)c1ccccc14. The van der Waals surface area contributed by atoms with Crippen LogP contribution in [0.3, 0.4) is 0 Å². The van der Waals surface area contributed by atoms with Gasteiger partial charge < -0.3 is 4.74 Å². The summed E-state index contributed by atoms with van der Waals surface area (Å²) in [5, 5.41) is 0. The zero-order valence-corrected chi connectivity index (χ0v) is 14.6. The van der Waals surface area contributed by atoms with Crippen LogP contribution in [-0.4, -0.2) is 42.6 Å². The molecule has 1 amide bonds. The number of hydrogen-bond donors (Lipinski definition) is 0. The van der Waals surface area contributed by atoms with Gasteiger partial charge in [0.2, 0.25) is 0 Å². The van der Waals surface area contributed by atoms with E-state index in [-0.39, 0.29) is 17.4 Å². The van der Waals surface area contributed by atoms with E-state index in [9.17, 15) is 9.59 Å². The Morgan fingerprint density at radius 3 is 2.92 bits per heavy atom. The highest BCUT2D eigenvalue weighted by Gasteiger charge is 2.74. The van der Waals surface area contributed by atoms with Crippen molar-refractivity contribution in [2.45, 2.75) is 37.3 Å². The molecule has 5 heteroatoms. The molecule has 0 radical (unpaired) electrons. The van der Waals surface area contributed by atoms with Gasteiger partial charge in [0, 0.05) is 30.8 Å². The number of fused-ring (bicyclic) bond motifs is 2. The van der Waals surface area contributed by atoms with Gasteiger partial charge in [-0.05, 0) is 37.0 Å². The first-order valence-corrected chi connectivity index (χ1v) is 8.99. The predicted molar refractivity (Wildman–Crippen MR) is 93.4 cm³/mol. The summed E-state index contributed by atoms with van der Waals surface area (Å²) < 4.78 is 5.19. The summed E-state index contributed by atoms with van der Waals surface area (Å²) in [7, 11) is 1.44. The highest BCUT2D eigenvalue weighted by molar-refractivity contribution is 5.98. The van der Waals surface area contributed by atoms with Gasteiger partial charge in [-0.15, -0.1) is 0 Å². The Kier molecular flexibility index (Phi) is 2.86. The molecule has 2 saturated heterocycles. The molecule has 1 aliphatic carbocycles. The normalized spacial score (nSPS) is 37.2. The van der Waals surface area contributed by atoms with Crippen LogP contribution in [0.2, 0.25) is 0 Å². The third-order valence-electron chi connectivity index (χ3n) is 7.03. The summed E-state index contributed by atoms with van der Waals surface area (Å²) >= 11 is 0. The number of ether oxygens (including phenoxy) is 1. The van der Waals surface area contributed by atoms with Crippen LogP contribution < -0.4 is 4.90 Å². The van der Waals surface area contributed by atoms with Gasteiger partial charge in [-0.2, -0.15) is 0 Å². The van der Waals surface area contributed by atoms with Crippen molar-refractivity contribution in [1.29, 1.82) is 0 Å². The van der Waals surface area contributed by atoms with E-state index in [0.29, 0.717) is 18.6 Å². The zero-order chi connectivity index (χ0) is 17.4. The lowest BCUT2D eigenvalue weighted by Gasteiger charge is -2.57. The first-order chi connectivity index (χ1) is 12.1. The number of anilines is 1. The molecule has 4 aliphatic rings. The van der Waals surface area contributed by atoms with Crippen molar-refractivity contribution in [3.05, 3.63) is 41.5 Å². The van der Waals surface area contributed by atoms with Crippen LogP contribution in [0.4, 0.5) is 10.5 Å². The third kappa shape index (κ3) is 1.50. The molecule has 3 fully saturated rings. The van der Waals surface area contributed by atoms with E-state index < -0.39 is 5.66 Å². The van der Waals surface area contributed by atoms with Crippen LogP contribution >= 0.6 is 0 Å². The van der Waals surface area contributed by atoms with E-state index in [1.54, 1.807) is 0 Å². The Balaban J connectivity index is 1.80. The molecule has 1 aromatic carbocycles. The third-order valence-corrected chi connectivity index (χ3v) is 7.03. The van der Waals surface area contributed by atoms with Crippen LogP contribution in [0.15, 0.2) is 35.9 Å². The maximum absolute atomic E-state index is 13.1. The van der Waals surface area contributed by atoms with Crippen molar-refractivity contribution < 1.29 is 14.3 Å². The second-order valence-corrected chi connectivity index (χ2v) is 7.66. The molecule has 3 heterocycles. The summed E-state index contributed by atoms with van der Waals surface area (Å²) in [5.74, 6) is 0.251. The monoisotopic (exact) mass is 338 g/mol. The van der Waals surface area contributed by atoms with Crippen LogP contribution in [0.25, 0.3) is 0 Å². The minimum absolute atomic E-state index is 0.0751. The minimum atomic E-state index is -0.463. The number of Topliss-reactive ketones (excluding diaryl/α,β-unsaturated/α-hetero) is 1. The number of allylic oxidation sites excluding steroid dienone is 1. The van der Waals surface area contributed by atoms with Gasteiger partial charge in [0.05, 0.1) is 12.8 Å². The Labute approximate surface area is 147 Å². The van der Waals surface area contributed by atoms with Gasteiger partial charge in [-0.25, -0.2) is 4.79 Å². The van der Waals surface area contributed by atoms with Crippen molar-refractivity contribution in [3.63, 3.8) is 0 Å². The number of para-hydroxylation sites is 1. The molecule has 130 valence electrons. The number of piperidine rings is 1. The number of nitrogens with zero attached hydrogens (tertiary/aromatic N) is 2. The molecule has 25 heavy (non-hydrogen) atoms. The van der Waals surface area contributed by atoms with E-state index in [0.717, 1.165) is 30.8 Å². The molecule has 3 aliphatic heterocycles. The van der Waals surface area contributed by atoms with E-state index in [2.05, 4.69) is 17.0 Å². The summed E-state index contributed by atoms with van der Waals surface area (Å²) in [4.78, 5) is 30.2. The molecule has 1 saturated carbocycles. The molecule has 1 spiro atoms. The highest BCUT2D eigenvalue weighted by Crippen LogP contribution is 2.66. The number of ketones is 1. The topological polar surface area (TPSA) is 49.9 Å². The molecule has 2 bridgehead atoms. The number of carbonyl (C=O) groups is 2. The van der Waals surface area contributed by atoms with Gasteiger partial charge in [-0.3, -0.25) is 14.6 Å². The molecule has 0 aromatic heterocycles. The van der Waals surface area contributed by atoms with Crippen molar-refractivity contribution in [2.24, 2.45) is 5.92 Å². The fraction of sp³-hybridized carbons (Fsp3) is 0.500. The minimum Gasteiger partial charge on any atom is -0.452 e. The fourth-order valence-corrected chi connectivity index (χ4v) is 6.06. The van der Waals surface area contributed by atoms with Crippen molar-refractivity contribution in [1.82, 2.24) is 4.90 Å². The van der Waals surface area contributed by atoms with Gasteiger partial charge in [0.25, 0.3) is 0 Å². The second-order valence-electron chi connectivity index (χ2n) is 7.66. The van der Waals surface area contributed by atoms with E-state index >= 15 is 0 Å². The number of hydrogen-bond acceptors (Lipinski definition) is 4. The summed E-state index contributed by atoms with van der Waals surface area (Å²) in [6.07, 6.45) is 3.86. The molecule has 1 unspecified atom stereocenters. The lowest BCUT2D eigenvalue weighted by molar-refractivity contribution is -0.131. The molecule has 5 rings (SSSR count). The number of carbonyl (C=O) groups excluding carboxylic acids is 2. The van der Waals surface area contributed by atoms with Crippen molar-refractivity contribution in [2.75, 3.05) is 25.1 Å². The number of amides is 1. The standard InChI is InChI=1S/C20H22N2O3/c1-3-13-12-21-9-8-19-11-17(23)14(13)10-20(19,21)22(18(24)25-2)16-7-5-4-6-15(16)19/h3-7,14H,8-12H2,1-2H3/b13-3-/t14-,19+,20?/m0/s1. The summed E-state index contributed by atoms with van der Waals surface area (Å²) in [6, 6.07) is 8.07. The van der Waals surface area contributed by atoms with Gasteiger partial charge in [0.15, 0.2) is 0 Å². The second kappa shape index (κ2) is 4.73. The molecule has 1 aromatic rings. The van der Waals surface area contributed by atoms with Gasteiger partial charge in [0.1, 0.15) is 11.4 Å². The Bertz CT molecular complexity index is 832. The smallest absolute Gasteiger partial charge is 0.415 e. The summed E-state index contributed by atoms with van der Waals surface area (Å²) in [6.45, 7) is 3.68. The van der Waals surface area contributed by atoms with Gasteiger partial charge >= 0.3 is 6.09 Å². The first kappa shape index (κ1) is 15.1. The molecule has 0 N–H and O–H groups in total. The average Bonchev–Trinajstić information content (AvgIpc) is 3.09. The number of rotatable bonds is 0. The lowest BCUT2D eigenvalue weighted by Crippen LogP contribution is -2.71. The van der Waals surface area contributed by atoms with Gasteiger partial charge in [-0.1, -0.05) is 24.3 Å².